The molecule has 0 saturated carbocycles. The predicted octanol–water partition coefficient (Wildman–Crippen LogP) is 3.06. The molecule has 1 fully saturated rings. The van der Waals surface area contributed by atoms with E-state index in [0.717, 1.165) is 31.6 Å². The molecule has 21 heavy (non-hydrogen) atoms. The highest BCUT2D eigenvalue weighted by Gasteiger charge is 2.27. The van der Waals surface area contributed by atoms with Crippen LogP contribution < -0.4 is 4.90 Å². The van der Waals surface area contributed by atoms with Crippen molar-refractivity contribution in [2.24, 2.45) is 5.92 Å². The Kier molecular flexibility index (Phi) is 4.82. The fourth-order valence-electron chi connectivity index (χ4n) is 2.62. The number of hydrogen-bond acceptors (Lipinski definition) is 5. The normalized spacial score (nSPS) is 15.9. The van der Waals surface area contributed by atoms with Gasteiger partial charge in [-0.2, -0.15) is 0 Å². The summed E-state index contributed by atoms with van der Waals surface area (Å²) in [6, 6.07) is 3.36. The van der Waals surface area contributed by atoms with Crippen LogP contribution in [0.5, 0.6) is 0 Å². The number of methoxy groups -OCH3 is 1. The van der Waals surface area contributed by atoms with Crippen LogP contribution in [0.2, 0.25) is 0 Å². The minimum Gasteiger partial charge on any atom is -0.469 e. The van der Waals surface area contributed by atoms with E-state index in [1.54, 1.807) is 6.92 Å². The number of rotatable bonds is 3. The molecule has 1 heterocycles. The first-order chi connectivity index (χ1) is 9.93. The second-order valence-corrected chi connectivity index (χ2v) is 5.99. The summed E-state index contributed by atoms with van der Waals surface area (Å²) in [5.41, 5.74) is 1.67. The monoisotopic (exact) mass is 356 g/mol. The number of halogens is 1. The second kappa shape index (κ2) is 6.43. The molecule has 2 rings (SSSR count). The second-order valence-electron chi connectivity index (χ2n) is 5.13. The predicted molar refractivity (Wildman–Crippen MR) is 82.5 cm³/mol. The van der Waals surface area contributed by atoms with Gasteiger partial charge in [-0.05, 0) is 41.8 Å². The van der Waals surface area contributed by atoms with Crippen molar-refractivity contribution in [3.05, 3.63) is 32.3 Å². The summed E-state index contributed by atoms with van der Waals surface area (Å²) in [4.78, 5) is 24.2. The zero-order valence-corrected chi connectivity index (χ0v) is 13.6. The first-order valence-electron chi connectivity index (χ1n) is 6.71. The SMILES string of the molecule is COC(=O)C1CCN(c2cc(C)c([N+](=O)[O-])cc2Br)CC1. The van der Waals surface area contributed by atoms with Gasteiger partial charge in [0, 0.05) is 29.2 Å². The van der Waals surface area contributed by atoms with Crippen LogP contribution in [-0.2, 0) is 9.53 Å². The number of carbonyl (C=O) groups excluding carboxylic acids is 1. The molecule has 6 nitrogen and oxygen atoms in total. The zero-order valence-electron chi connectivity index (χ0n) is 12.0. The van der Waals surface area contributed by atoms with Gasteiger partial charge >= 0.3 is 5.97 Å². The molecular formula is C14H17BrN2O4. The van der Waals surface area contributed by atoms with Gasteiger partial charge in [-0.25, -0.2) is 0 Å². The fraction of sp³-hybridized carbons (Fsp3) is 0.500. The Hall–Kier alpha value is -1.63. The van der Waals surface area contributed by atoms with E-state index in [1.807, 2.05) is 6.07 Å². The lowest BCUT2D eigenvalue weighted by atomic mass is 9.96. The van der Waals surface area contributed by atoms with Crippen LogP contribution in [0.1, 0.15) is 18.4 Å². The van der Waals surface area contributed by atoms with Gasteiger partial charge in [-0.3, -0.25) is 14.9 Å². The maximum absolute atomic E-state index is 11.5. The summed E-state index contributed by atoms with van der Waals surface area (Å²) in [5, 5.41) is 10.9. The minimum absolute atomic E-state index is 0.0517. The van der Waals surface area contributed by atoms with Crippen LogP contribution in [0.25, 0.3) is 0 Å². The largest absolute Gasteiger partial charge is 0.469 e. The summed E-state index contributed by atoms with van der Waals surface area (Å²) in [5.74, 6) is -0.210. The average Bonchev–Trinajstić information content (AvgIpc) is 2.48. The standard InChI is InChI=1S/C14H17BrN2O4/c1-9-7-13(11(15)8-12(9)17(19)20)16-5-3-10(4-6-16)14(18)21-2/h7-8,10H,3-6H2,1-2H3. The quantitative estimate of drug-likeness (QED) is 0.472. The fourth-order valence-corrected chi connectivity index (χ4v) is 3.20. The first-order valence-corrected chi connectivity index (χ1v) is 7.50. The molecule has 0 amide bonds. The average molecular weight is 357 g/mol. The van der Waals surface area contributed by atoms with Crippen molar-refractivity contribution in [1.82, 2.24) is 0 Å². The van der Waals surface area contributed by atoms with Crippen LogP contribution in [-0.4, -0.2) is 31.1 Å². The Bertz CT molecular complexity index is 568. The van der Waals surface area contributed by atoms with Crippen LogP contribution in [0.15, 0.2) is 16.6 Å². The smallest absolute Gasteiger partial charge is 0.308 e. The number of esters is 1. The molecule has 0 spiro atoms. The number of piperidine rings is 1. The summed E-state index contributed by atoms with van der Waals surface area (Å²) in [6.07, 6.45) is 1.46. The van der Waals surface area contributed by atoms with Crippen molar-refractivity contribution in [1.29, 1.82) is 0 Å². The third-order valence-corrected chi connectivity index (χ3v) is 4.47. The van der Waals surface area contributed by atoms with E-state index in [9.17, 15) is 14.9 Å². The number of nitro groups is 1. The lowest BCUT2D eigenvalue weighted by Gasteiger charge is -2.33. The molecule has 0 bridgehead atoms. The Morgan fingerprint density at radius 2 is 2.05 bits per heavy atom. The summed E-state index contributed by atoms with van der Waals surface area (Å²) >= 11 is 3.41. The number of ether oxygens (including phenoxy) is 1. The molecule has 1 saturated heterocycles. The van der Waals surface area contributed by atoms with Crippen LogP contribution in [0.4, 0.5) is 11.4 Å². The summed E-state index contributed by atoms with van der Waals surface area (Å²) < 4.78 is 5.48. The van der Waals surface area contributed by atoms with E-state index in [0.29, 0.717) is 10.0 Å². The summed E-state index contributed by atoms with van der Waals surface area (Å²) in [7, 11) is 1.41. The number of anilines is 1. The van der Waals surface area contributed by atoms with E-state index in [1.165, 1.54) is 13.2 Å². The third-order valence-electron chi connectivity index (χ3n) is 3.83. The molecule has 0 aromatic heterocycles. The molecule has 0 unspecified atom stereocenters. The third kappa shape index (κ3) is 3.34. The molecule has 1 aromatic carbocycles. The molecule has 1 aromatic rings. The van der Waals surface area contributed by atoms with Crippen molar-refractivity contribution in [3.63, 3.8) is 0 Å². The van der Waals surface area contributed by atoms with Crippen molar-refractivity contribution in [3.8, 4) is 0 Å². The molecule has 0 aliphatic carbocycles. The molecule has 7 heteroatoms. The lowest BCUT2D eigenvalue weighted by Crippen LogP contribution is -2.37. The molecule has 1 aliphatic heterocycles. The number of benzene rings is 1. The molecule has 0 atom stereocenters. The van der Waals surface area contributed by atoms with E-state index >= 15 is 0 Å². The number of nitro benzene ring substituents is 1. The highest BCUT2D eigenvalue weighted by molar-refractivity contribution is 9.10. The van der Waals surface area contributed by atoms with Gasteiger partial charge in [0.25, 0.3) is 5.69 Å². The van der Waals surface area contributed by atoms with Gasteiger partial charge in [0.15, 0.2) is 0 Å². The van der Waals surface area contributed by atoms with Crippen molar-refractivity contribution in [2.45, 2.75) is 19.8 Å². The van der Waals surface area contributed by atoms with Gasteiger partial charge in [0.05, 0.1) is 23.6 Å². The number of carbonyl (C=O) groups is 1. The molecular weight excluding hydrogens is 340 g/mol. The van der Waals surface area contributed by atoms with E-state index in [2.05, 4.69) is 20.8 Å². The lowest BCUT2D eigenvalue weighted by molar-refractivity contribution is -0.385. The van der Waals surface area contributed by atoms with Crippen LogP contribution in [0.3, 0.4) is 0 Å². The Morgan fingerprint density at radius 3 is 2.57 bits per heavy atom. The van der Waals surface area contributed by atoms with E-state index < -0.39 is 0 Å². The van der Waals surface area contributed by atoms with Crippen molar-refractivity contribution >= 4 is 33.3 Å². The minimum atomic E-state index is -0.382. The highest BCUT2D eigenvalue weighted by atomic mass is 79.9. The Morgan fingerprint density at radius 1 is 1.43 bits per heavy atom. The van der Waals surface area contributed by atoms with Gasteiger partial charge in [0.1, 0.15) is 0 Å². The molecule has 114 valence electrons. The Balaban J connectivity index is 2.16. The molecule has 0 N–H and O–H groups in total. The van der Waals surface area contributed by atoms with Crippen molar-refractivity contribution < 1.29 is 14.5 Å². The van der Waals surface area contributed by atoms with Gasteiger partial charge in [0.2, 0.25) is 0 Å². The number of hydrogen-bond donors (Lipinski definition) is 0. The molecule has 1 aliphatic rings. The maximum atomic E-state index is 11.5. The molecule has 0 radical (unpaired) electrons. The van der Waals surface area contributed by atoms with Gasteiger partial charge < -0.3 is 9.64 Å². The Labute approximate surface area is 131 Å². The van der Waals surface area contributed by atoms with Crippen molar-refractivity contribution in [2.75, 3.05) is 25.1 Å². The number of aryl methyl sites for hydroxylation is 1. The summed E-state index contributed by atoms with van der Waals surface area (Å²) in [6.45, 7) is 3.19. The first kappa shape index (κ1) is 15.8. The van der Waals surface area contributed by atoms with E-state index in [-0.39, 0.29) is 22.5 Å². The van der Waals surface area contributed by atoms with Crippen LogP contribution in [0, 0.1) is 23.0 Å². The highest BCUT2D eigenvalue weighted by Crippen LogP contribution is 2.35. The zero-order chi connectivity index (χ0) is 15.6. The number of nitrogens with zero attached hydrogens (tertiary/aromatic N) is 2. The van der Waals surface area contributed by atoms with Crippen LogP contribution >= 0.6 is 15.9 Å². The van der Waals surface area contributed by atoms with Gasteiger partial charge in [-0.15, -0.1) is 0 Å². The topological polar surface area (TPSA) is 72.7 Å². The van der Waals surface area contributed by atoms with E-state index in [4.69, 9.17) is 4.74 Å². The van der Waals surface area contributed by atoms with Gasteiger partial charge in [-0.1, -0.05) is 0 Å². The maximum Gasteiger partial charge on any atom is 0.308 e.